The summed E-state index contributed by atoms with van der Waals surface area (Å²) in [5.41, 5.74) is 4.30. The Bertz CT molecular complexity index is 865. The molecule has 1 aromatic rings. The molecule has 0 radical (unpaired) electrons. The minimum atomic E-state index is -0.992. The first-order valence-electron chi connectivity index (χ1n) is 9.17. The van der Waals surface area contributed by atoms with E-state index in [1.54, 1.807) is 0 Å². The number of hydrogen-bond donors (Lipinski definition) is 0. The van der Waals surface area contributed by atoms with Crippen LogP contribution in [0, 0.1) is 11.3 Å². The molecule has 0 atom stereocenters. The minimum absolute atomic E-state index is 0.0163. The van der Waals surface area contributed by atoms with E-state index >= 15 is 0 Å². The van der Waals surface area contributed by atoms with Gasteiger partial charge < -0.3 is 9.74 Å². The Balaban J connectivity index is 1.61. The van der Waals surface area contributed by atoms with Crippen LogP contribution in [0.1, 0.15) is 42.4 Å². The first-order chi connectivity index (χ1) is 13.1. The van der Waals surface area contributed by atoms with Crippen LogP contribution in [0.25, 0.3) is 6.08 Å². The van der Waals surface area contributed by atoms with E-state index in [1.165, 1.54) is 22.9 Å². The molecule has 27 heavy (non-hydrogen) atoms. The zero-order chi connectivity index (χ0) is 19.0. The Morgan fingerprint density at radius 1 is 1.04 bits per heavy atom. The van der Waals surface area contributed by atoms with Gasteiger partial charge in [0, 0.05) is 31.6 Å². The Hall–Kier alpha value is -3.14. The van der Waals surface area contributed by atoms with Crippen LogP contribution in [0.5, 0.6) is 0 Å². The molecule has 2 amide bonds. The van der Waals surface area contributed by atoms with E-state index in [2.05, 4.69) is 4.90 Å². The first kappa shape index (κ1) is 17.3. The van der Waals surface area contributed by atoms with Crippen molar-refractivity contribution in [3.63, 3.8) is 0 Å². The normalized spacial score (nSPS) is 19.0. The van der Waals surface area contributed by atoms with Crippen LogP contribution in [0.15, 0.2) is 17.7 Å². The Morgan fingerprint density at radius 3 is 2.19 bits per heavy atom. The third-order valence-electron chi connectivity index (χ3n) is 5.19. The van der Waals surface area contributed by atoms with Crippen molar-refractivity contribution in [3.8, 4) is 6.07 Å². The Morgan fingerprint density at radius 2 is 1.63 bits per heavy atom. The molecule has 4 rings (SSSR count). The number of amides is 2. The van der Waals surface area contributed by atoms with Crippen LogP contribution in [0.4, 0.5) is 5.69 Å². The standard InChI is InChI=1S/C20H19N3O4/c21-12-16(20(26)27-23-17(24)5-6-18(23)25)11-13-9-14-3-1-7-22-8-2-4-15(10-13)19(14)22/h9-11H,1-8H2/b16-11+. The molecule has 0 saturated carbocycles. The van der Waals surface area contributed by atoms with Crippen molar-refractivity contribution in [1.29, 1.82) is 5.26 Å². The lowest BCUT2D eigenvalue weighted by Crippen LogP contribution is -2.34. The van der Waals surface area contributed by atoms with Crippen molar-refractivity contribution < 1.29 is 19.2 Å². The third kappa shape index (κ3) is 3.19. The smallest absolute Gasteiger partial charge is 0.371 e. The number of carbonyl (C=O) groups is 3. The summed E-state index contributed by atoms with van der Waals surface area (Å²) in [5.74, 6) is -2.12. The molecule has 7 nitrogen and oxygen atoms in total. The van der Waals surface area contributed by atoms with Gasteiger partial charge in [0.25, 0.3) is 11.8 Å². The number of aryl methyl sites for hydroxylation is 2. The van der Waals surface area contributed by atoms with Gasteiger partial charge in [-0.1, -0.05) is 0 Å². The summed E-state index contributed by atoms with van der Waals surface area (Å²) in [6, 6.07) is 5.84. The van der Waals surface area contributed by atoms with Gasteiger partial charge in [-0.3, -0.25) is 9.59 Å². The van der Waals surface area contributed by atoms with Gasteiger partial charge in [-0.25, -0.2) is 4.79 Å². The highest BCUT2D eigenvalue weighted by atomic mass is 16.7. The summed E-state index contributed by atoms with van der Waals surface area (Å²) in [5, 5.41) is 9.83. The molecule has 138 valence electrons. The fourth-order valence-corrected chi connectivity index (χ4v) is 4.01. The molecule has 3 aliphatic rings. The van der Waals surface area contributed by atoms with Crippen LogP contribution in [0.3, 0.4) is 0 Å². The average Bonchev–Trinajstić information content (AvgIpc) is 2.98. The van der Waals surface area contributed by atoms with Gasteiger partial charge in [-0.05, 0) is 60.6 Å². The molecule has 3 aliphatic heterocycles. The Kier molecular flexibility index (Phi) is 4.40. The van der Waals surface area contributed by atoms with E-state index in [0.29, 0.717) is 5.06 Å². The minimum Gasteiger partial charge on any atom is -0.371 e. The van der Waals surface area contributed by atoms with Crippen LogP contribution < -0.4 is 4.90 Å². The SMILES string of the molecule is N#C/C(=C\c1cc2c3c(c1)CCCN3CCC2)C(=O)ON1C(=O)CCC1=O. The molecule has 0 aliphatic carbocycles. The topological polar surface area (TPSA) is 90.7 Å². The maximum atomic E-state index is 12.3. The summed E-state index contributed by atoms with van der Waals surface area (Å²) >= 11 is 0. The molecule has 1 fully saturated rings. The van der Waals surface area contributed by atoms with E-state index in [1.807, 2.05) is 18.2 Å². The van der Waals surface area contributed by atoms with Gasteiger partial charge in [0.15, 0.2) is 0 Å². The predicted octanol–water partition coefficient (Wildman–Crippen LogP) is 1.90. The molecule has 0 bridgehead atoms. The van der Waals surface area contributed by atoms with E-state index in [0.717, 1.165) is 44.3 Å². The summed E-state index contributed by atoms with van der Waals surface area (Å²) in [4.78, 5) is 42.7. The number of anilines is 1. The summed E-state index contributed by atoms with van der Waals surface area (Å²) in [7, 11) is 0. The van der Waals surface area contributed by atoms with Crippen LogP contribution in [-0.2, 0) is 32.1 Å². The maximum absolute atomic E-state index is 12.3. The number of hydroxylamine groups is 2. The maximum Gasteiger partial charge on any atom is 0.374 e. The van der Waals surface area contributed by atoms with Crippen molar-refractivity contribution >= 4 is 29.5 Å². The molecule has 7 heteroatoms. The highest BCUT2D eigenvalue weighted by Crippen LogP contribution is 2.36. The van der Waals surface area contributed by atoms with Crippen molar-refractivity contribution in [2.75, 3.05) is 18.0 Å². The lowest BCUT2D eigenvalue weighted by atomic mass is 9.90. The number of nitrogens with zero attached hydrogens (tertiary/aromatic N) is 3. The highest BCUT2D eigenvalue weighted by molar-refractivity contribution is 6.04. The van der Waals surface area contributed by atoms with Gasteiger partial charge in [0.1, 0.15) is 11.6 Å². The molecule has 1 saturated heterocycles. The van der Waals surface area contributed by atoms with Gasteiger partial charge in [0.05, 0.1) is 0 Å². The molecule has 0 N–H and O–H groups in total. The molecule has 0 spiro atoms. The van der Waals surface area contributed by atoms with Crippen LogP contribution in [-0.4, -0.2) is 35.9 Å². The quantitative estimate of drug-likeness (QED) is 0.462. The molecule has 3 heterocycles. The lowest BCUT2D eigenvalue weighted by molar-refractivity contribution is -0.194. The summed E-state index contributed by atoms with van der Waals surface area (Å²) < 4.78 is 0. The number of nitriles is 1. The summed E-state index contributed by atoms with van der Waals surface area (Å²) in [6.45, 7) is 2.14. The fraction of sp³-hybridized carbons (Fsp3) is 0.400. The van der Waals surface area contributed by atoms with Crippen molar-refractivity contribution in [2.45, 2.75) is 38.5 Å². The van der Waals surface area contributed by atoms with E-state index < -0.39 is 17.8 Å². The van der Waals surface area contributed by atoms with Gasteiger partial charge in [-0.15, -0.1) is 5.06 Å². The van der Waals surface area contributed by atoms with Crippen LogP contribution in [0.2, 0.25) is 0 Å². The van der Waals surface area contributed by atoms with Gasteiger partial charge in [0.2, 0.25) is 0 Å². The zero-order valence-corrected chi connectivity index (χ0v) is 14.9. The van der Waals surface area contributed by atoms with Gasteiger partial charge in [-0.2, -0.15) is 5.26 Å². The number of carbonyl (C=O) groups excluding carboxylic acids is 3. The van der Waals surface area contributed by atoms with Crippen molar-refractivity contribution in [3.05, 3.63) is 34.4 Å². The second kappa shape index (κ2) is 6.88. The predicted molar refractivity (Wildman–Crippen MR) is 96.1 cm³/mol. The lowest BCUT2D eigenvalue weighted by Gasteiger charge is -2.37. The monoisotopic (exact) mass is 365 g/mol. The molecule has 1 aromatic carbocycles. The fourth-order valence-electron chi connectivity index (χ4n) is 4.01. The molecular weight excluding hydrogens is 346 g/mol. The zero-order valence-electron chi connectivity index (χ0n) is 14.9. The molecule has 0 unspecified atom stereocenters. The van der Waals surface area contributed by atoms with Gasteiger partial charge >= 0.3 is 5.97 Å². The van der Waals surface area contributed by atoms with Crippen molar-refractivity contribution in [2.24, 2.45) is 0 Å². The second-order valence-electron chi connectivity index (χ2n) is 7.01. The Labute approximate surface area is 156 Å². The number of hydrogen-bond acceptors (Lipinski definition) is 6. The van der Waals surface area contributed by atoms with Crippen molar-refractivity contribution in [1.82, 2.24) is 5.06 Å². The van der Waals surface area contributed by atoms with Crippen LogP contribution >= 0.6 is 0 Å². The summed E-state index contributed by atoms with van der Waals surface area (Å²) in [6.07, 6.45) is 5.63. The number of imide groups is 1. The number of benzene rings is 1. The van der Waals surface area contributed by atoms with E-state index in [9.17, 15) is 19.6 Å². The average molecular weight is 365 g/mol. The molecular formula is C20H19N3O4. The molecule has 0 aromatic heterocycles. The van der Waals surface area contributed by atoms with E-state index in [4.69, 9.17) is 4.84 Å². The highest BCUT2D eigenvalue weighted by Gasteiger charge is 2.33. The largest absolute Gasteiger partial charge is 0.374 e. The number of rotatable bonds is 3. The first-order valence-corrected chi connectivity index (χ1v) is 9.17. The van der Waals surface area contributed by atoms with E-state index in [-0.39, 0.29) is 18.4 Å². The third-order valence-corrected chi connectivity index (χ3v) is 5.19. The second-order valence-corrected chi connectivity index (χ2v) is 7.01.